The van der Waals surface area contributed by atoms with E-state index in [1.807, 2.05) is 11.8 Å². The van der Waals surface area contributed by atoms with Crippen LogP contribution in [0.4, 0.5) is 17.1 Å². The van der Waals surface area contributed by atoms with Crippen LogP contribution in [0.25, 0.3) is 22.3 Å². The number of anilines is 3. The zero-order chi connectivity index (χ0) is 37.8. The molecule has 56 heavy (non-hydrogen) atoms. The van der Waals surface area contributed by atoms with Crippen LogP contribution in [0.1, 0.15) is 94.9 Å². The summed E-state index contributed by atoms with van der Waals surface area (Å²) in [6, 6.07) is 53.7. The fourth-order valence-corrected chi connectivity index (χ4v) is 13.7. The third-order valence-electron chi connectivity index (χ3n) is 15.2. The third-order valence-corrected chi connectivity index (χ3v) is 16.3. The molecule has 0 N–H and O–H groups in total. The fraction of sp³-hybridized carbons (Fsp3) is 0.333. The monoisotopic (exact) mass is 747 g/mol. The average Bonchev–Trinajstić information content (AvgIpc) is 3.22. The maximum absolute atomic E-state index is 2.63. The maximum atomic E-state index is 2.63. The maximum Gasteiger partial charge on any atom is 0.0465 e. The SMILES string of the molecule is CC1(C)CCC(C)(C)c2cc(-c3ccc(N(c4ccc(-c5ccccc5)cc4)c4ccc5c(c4)C4(c6ccccc6S5)C5CC6CC(C5)CC4C6)cc3)ccc21. The van der Waals surface area contributed by atoms with Gasteiger partial charge in [0.15, 0.2) is 0 Å². The van der Waals surface area contributed by atoms with Gasteiger partial charge < -0.3 is 4.90 Å². The molecular weight excluding hydrogens is 695 g/mol. The van der Waals surface area contributed by atoms with Crippen molar-refractivity contribution in [2.75, 3.05) is 4.90 Å². The van der Waals surface area contributed by atoms with Gasteiger partial charge in [-0.25, -0.2) is 0 Å². The van der Waals surface area contributed by atoms with Crippen LogP contribution in [0.5, 0.6) is 0 Å². The molecule has 0 atom stereocenters. The molecule has 0 saturated heterocycles. The number of hydrogen-bond acceptors (Lipinski definition) is 2. The number of fused-ring (bicyclic) bond motifs is 3. The van der Waals surface area contributed by atoms with Gasteiger partial charge in [-0.15, -0.1) is 0 Å². The molecule has 2 heteroatoms. The second kappa shape index (κ2) is 12.7. The van der Waals surface area contributed by atoms with Gasteiger partial charge in [-0.2, -0.15) is 0 Å². The summed E-state index contributed by atoms with van der Waals surface area (Å²) >= 11 is 2.00. The van der Waals surface area contributed by atoms with Gasteiger partial charge in [0.25, 0.3) is 0 Å². The minimum atomic E-state index is 0.0993. The Morgan fingerprint density at radius 3 is 1.61 bits per heavy atom. The zero-order valence-corrected chi connectivity index (χ0v) is 34.2. The molecule has 1 spiro atoms. The molecule has 6 aromatic carbocycles. The summed E-state index contributed by atoms with van der Waals surface area (Å²) in [5.74, 6) is 3.28. The highest BCUT2D eigenvalue weighted by atomic mass is 32.2. The summed E-state index contributed by atoms with van der Waals surface area (Å²) in [6.07, 6.45) is 9.48. The molecule has 1 nitrogen and oxygen atoms in total. The molecule has 0 unspecified atom stereocenters. The minimum Gasteiger partial charge on any atom is -0.310 e. The van der Waals surface area contributed by atoms with Crippen molar-refractivity contribution in [3.8, 4) is 22.3 Å². The smallest absolute Gasteiger partial charge is 0.0465 e. The van der Waals surface area contributed by atoms with E-state index in [0.29, 0.717) is 0 Å². The molecule has 12 rings (SSSR count). The van der Waals surface area contributed by atoms with E-state index in [0.717, 1.165) is 23.7 Å². The van der Waals surface area contributed by atoms with Gasteiger partial charge in [-0.1, -0.05) is 130 Å². The summed E-state index contributed by atoms with van der Waals surface area (Å²) in [6.45, 7) is 9.69. The largest absolute Gasteiger partial charge is 0.310 e. The zero-order valence-electron chi connectivity index (χ0n) is 33.4. The molecule has 4 fully saturated rings. The van der Waals surface area contributed by atoms with Gasteiger partial charge in [0.2, 0.25) is 0 Å². The summed E-state index contributed by atoms with van der Waals surface area (Å²) in [5, 5.41) is 0. The second-order valence-corrected chi connectivity index (χ2v) is 20.4. The number of rotatable bonds is 5. The first-order valence-corrected chi connectivity index (χ1v) is 22.1. The van der Waals surface area contributed by atoms with Crippen LogP contribution < -0.4 is 4.90 Å². The topological polar surface area (TPSA) is 3.24 Å². The van der Waals surface area contributed by atoms with Crippen molar-refractivity contribution in [3.63, 3.8) is 0 Å². The van der Waals surface area contributed by atoms with Crippen molar-refractivity contribution in [3.05, 3.63) is 162 Å². The lowest BCUT2D eigenvalue weighted by molar-refractivity contribution is -0.0443. The first-order valence-electron chi connectivity index (χ1n) is 21.3. The van der Waals surface area contributed by atoms with Crippen LogP contribution in [0, 0.1) is 23.7 Å². The number of nitrogens with zero attached hydrogens (tertiary/aromatic N) is 1. The van der Waals surface area contributed by atoms with Crippen LogP contribution in [0.15, 0.2) is 149 Å². The molecule has 0 radical (unpaired) electrons. The Kier molecular flexibility index (Phi) is 7.89. The Hall–Kier alpha value is -4.53. The van der Waals surface area contributed by atoms with Gasteiger partial charge in [-0.05, 0) is 172 Å². The normalized spacial score (nSPS) is 26.0. The highest BCUT2D eigenvalue weighted by molar-refractivity contribution is 7.99. The molecule has 6 aromatic rings. The molecule has 4 saturated carbocycles. The molecule has 4 bridgehead atoms. The molecule has 1 heterocycles. The van der Waals surface area contributed by atoms with Crippen molar-refractivity contribution in [1.29, 1.82) is 0 Å². The van der Waals surface area contributed by atoms with Crippen LogP contribution in [0.2, 0.25) is 0 Å². The predicted molar refractivity (Wildman–Crippen MR) is 236 cm³/mol. The van der Waals surface area contributed by atoms with E-state index in [1.54, 1.807) is 11.1 Å². The van der Waals surface area contributed by atoms with Crippen LogP contribution in [-0.4, -0.2) is 0 Å². The molecule has 0 aromatic heterocycles. The van der Waals surface area contributed by atoms with Crippen LogP contribution >= 0.6 is 11.8 Å². The van der Waals surface area contributed by atoms with Crippen LogP contribution in [0.3, 0.4) is 0 Å². The highest BCUT2D eigenvalue weighted by Gasteiger charge is 2.60. The van der Waals surface area contributed by atoms with E-state index in [2.05, 4.69) is 172 Å². The Morgan fingerprint density at radius 2 is 0.946 bits per heavy atom. The van der Waals surface area contributed by atoms with E-state index < -0.39 is 0 Å². The van der Waals surface area contributed by atoms with Crippen molar-refractivity contribution in [2.24, 2.45) is 23.7 Å². The lowest BCUT2D eigenvalue weighted by Gasteiger charge is -2.63. The first kappa shape index (κ1) is 34.7. The van der Waals surface area contributed by atoms with Crippen molar-refractivity contribution >= 4 is 28.8 Å². The van der Waals surface area contributed by atoms with E-state index in [4.69, 9.17) is 0 Å². The average molecular weight is 748 g/mol. The highest BCUT2D eigenvalue weighted by Crippen LogP contribution is 2.69. The van der Waals surface area contributed by atoms with Gasteiger partial charge >= 0.3 is 0 Å². The number of hydrogen-bond donors (Lipinski definition) is 0. The van der Waals surface area contributed by atoms with Gasteiger partial charge in [0.05, 0.1) is 0 Å². The van der Waals surface area contributed by atoms with E-state index in [1.165, 1.54) is 105 Å². The van der Waals surface area contributed by atoms with Gasteiger partial charge in [0, 0.05) is 32.3 Å². The Bertz CT molecular complexity index is 2430. The fourth-order valence-electron chi connectivity index (χ4n) is 12.5. The Labute approximate surface area is 338 Å². The quantitative estimate of drug-likeness (QED) is 0.173. The van der Waals surface area contributed by atoms with E-state index >= 15 is 0 Å². The summed E-state index contributed by atoms with van der Waals surface area (Å²) in [7, 11) is 0. The molecule has 280 valence electrons. The van der Waals surface area contributed by atoms with Crippen molar-refractivity contribution < 1.29 is 0 Å². The van der Waals surface area contributed by atoms with Gasteiger partial charge in [0.1, 0.15) is 0 Å². The molecule has 5 aliphatic carbocycles. The van der Waals surface area contributed by atoms with Crippen molar-refractivity contribution in [1.82, 2.24) is 0 Å². The molecule has 0 amide bonds. The molecule has 1 aliphatic heterocycles. The van der Waals surface area contributed by atoms with E-state index in [9.17, 15) is 0 Å². The molecule has 6 aliphatic rings. The summed E-state index contributed by atoms with van der Waals surface area (Å²) < 4.78 is 0. The third kappa shape index (κ3) is 5.34. The van der Waals surface area contributed by atoms with E-state index in [-0.39, 0.29) is 16.2 Å². The lowest BCUT2D eigenvalue weighted by atomic mass is 9.42. The molecular formula is C54H53NS. The summed E-state index contributed by atoms with van der Waals surface area (Å²) in [4.78, 5) is 5.47. The first-order chi connectivity index (χ1) is 27.2. The summed E-state index contributed by atoms with van der Waals surface area (Å²) in [5.41, 5.74) is 15.5. The predicted octanol–water partition coefficient (Wildman–Crippen LogP) is 15.0. The Morgan fingerprint density at radius 1 is 0.429 bits per heavy atom. The lowest BCUT2D eigenvalue weighted by Crippen LogP contribution is -2.57. The van der Waals surface area contributed by atoms with Crippen LogP contribution in [-0.2, 0) is 16.2 Å². The van der Waals surface area contributed by atoms with Crippen molar-refractivity contribution in [2.45, 2.75) is 98.7 Å². The Balaban J connectivity index is 1.04. The second-order valence-electron chi connectivity index (χ2n) is 19.3. The standard InChI is InChI=1S/C54H53NS/c1-52(2)26-27-53(3,4)48-33-40(18-24-46(48)52)39-16-21-44(22-17-39)55(43-19-14-38(15-20-43)37-10-6-5-7-11-37)45-23-25-51-49(34-45)54(47-12-8-9-13-50(47)56-51)41-29-35-28-36(31-41)32-42(54)30-35/h5-25,33-36,41-42H,26-32H2,1-4H3. The number of benzene rings is 6. The minimum absolute atomic E-state index is 0.0993. The van der Waals surface area contributed by atoms with Gasteiger partial charge in [-0.3, -0.25) is 0 Å².